The first-order valence-electron chi connectivity index (χ1n) is 10.7. The van der Waals surface area contributed by atoms with Crippen molar-refractivity contribution in [2.45, 2.75) is 30.4 Å². The van der Waals surface area contributed by atoms with Crippen LogP contribution in [0.1, 0.15) is 18.2 Å². The van der Waals surface area contributed by atoms with Gasteiger partial charge in [-0.3, -0.25) is 9.36 Å². The molecule has 0 aliphatic rings. The first kappa shape index (κ1) is 23.4. The zero-order valence-electron chi connectivity index (χ0n) is 19.2. The third-order valence-corrected chi connectivity index (χ3v) is 6.30. The molecule has 2 heterocycles. The van der Waals surface area contributed by atoms with Crippen molar-refractivity contribution in [2.75, 3.05) is 14.2 Å². The Morgan fingerprint density at radius 1 is 1.06 bits per heavy atom. The predicted molar refractivity (Wildman–Crippen MR) is 130 cm³/mol. The van der Waals surface area contributed by atoms with Crippen LogP contribution in [0.3, 0.4) is 0 Å². The van der Waals surface area contributed by atoms with Gasteiger partial charge in [-0.2, -0.15) is 0 Å². The predicted octanol–water partition coefficient (Wildman–Crippen LogP) is 4.40. The first-order valence-corrected chi connectivity index (χ1v) is 11.6. The molecule has 2 aromatic heterocycles. The summed E-state index contributed by atoms with van der Waals surface area (Å²) in [5.41, 5.74) is 1.86. The number of aromatic nitrogens is 3. The van der Waals surface area contributed by atoms with Gasteiger partial charge in [-0.25, -0.2) is 0 Å². The Morgan fingerprint density at radius 3 is 2.56 bits per heavy atom. The number of nitrogens with one attached hydrogen (secondary N) is 1. The van der Waals surface area contributed by atoms with Crippen molar-refractivity contribution < 1.29 is 18.7 Å². The van der Waals surface area contributed by atoms with Crippen LogP contribution >= 0.6 is 11.8 Å². The van der Waals surface area contributed by atoms with E-state index in [0.29, 0.717) is 24.1 Å². The Kier molecular flexibility index (Phi) is 7.54. The molecule has 0 fully saturated rings. The fourth-order valence-corrected chi connectivity index (χ4v) is 4.21. The SMILES string of the molecule is COc1ccc(CNC(=O)C(C)Sc2nnc(-c3cccc(OC)c3)n2Cc2ccco2)cc1. The third-order valence-electron chi connectivity index (χ3n) is 5.22. The molecule has 2 aromatic carbocycles. The largest absolute Gasteiger partial charge is 0.497 e. The van der Waals surface area contributed by atoms with Gasteiger partial charge in [-0.15, -0.1) is 10.2 Å². The van der Waals surface area contributed by atoms with E-state index < -0.39 is 0 Å². The zero-order valence-corrected chi connectivity index (χ0v) is 20.0. The number of furan rings is 1. The highest BCUT2D eigenvalue weighted by atomic mass is 32.2. The zero-order chi connectivity index (χ0) is 23.9. The van der Waals surface area contributed by atoms with Crippen LogP contribution in [-0.4, -0.2) is 40.1 Å². The number of methoxy groups -OCH3 is 2. The van der Waals surface area contributed by atoms with Crippen LogP contribution in [-0.2, 0) is 17.9 Å². The van der Waals surface area contributed by atoms with Crippen LogP contribution in [0.15, 0.2) is 76.5 Å². The summed E-state index contributed by atoms with van der Waals surface area (Å²) in [6, 6.07) is 19.0. The van der Waals surface area contributed by atoms with Crippen LogP contribution in [0, 0.1) is 0 Å². The molecule has 0 aliphatic carbocycles. The monoisotopic (exact) mass is 478 g/mol. The van der Waals surface area contributed by atoms with Crippen LogP contribution in [0.2, 0.25) is 0 Å². The summed E-state index contributed by atoms with van der Waals surface area (Å²) < 4.78 is 18.0. The molecule has 1 unspecified atom stereocenters. The van der Waals surface area contributed by atoms with Crippen molar-refractivity contribution in [2.24, 2.45) is 0 Å². The van der Waals surface area contributed by atoms with Gasteiger partial charge < -0.3 is 19.2 Å². The fraction of sp³-hybridized carbons (Fsp3) is 0.240. The van der Waals surface area contributed by atoms with Crippen molar-refractivity contribution in [3.63, 3.8) is 0 Å². The second kappa shape index (κ2) is 10.9. The minimum Gasteiger partial charge on any atom is -0.497 e. The number of ether oxygens (including phenoxy) is 2. The maximum absolute atomic E-state index is 12.8. The highest BCUT2D eigenvalue weighted by Crippen LogP contribution is 2.29. The lowest BCUT2D eigenvalue weighted by molar-refractivity contribution is -0.120. The molecule has 4 aromatic rings. The molecule has 34 heavy (non-hydrogen) atoms. The number of carbonyl (C=O) groups excluding carboxylic acids is 1. The third kappa shape index (κ3) is 5.60. The van der Waals surface area contributed by atoms with Crippen molar-refractivity contribution in [1.82, 2.24) is 20.1 Å². The molecule has 1 amide bonds. The molecule has 9 heteroatoms. The van der Waals surface area contributed by atoms with Gasteiger partial charge >= 0.3 is 0 Å². The molecule has 0 spiro atoms. The second-order valence-electron chi connectivity index (χ2n) is 7.53. The average Bonchev–Trinajstić information content (AvgIpc) is 3.53. The van der Waals surface area contributed by atoms with Gasteiger partial charge in [0.2, 0.25) is 5.91 Å². The summed E-state index contributed by atoms with van der Waals surface area (Å²) in [5, 5.41) is 12.0. The van der Waals surface area contributed by atoms with Gasteiger partial charge in [0.05, 0.1) is 32.3 Å². The summed E-state index contributed by atoms with van der Waals surface area (Å²) in [5.74, 6) is 2.86. The number of hydrogen-bond acceptors (Lipinski definition) is 7. The summed E-state index contributed by atoms with van der Waals surface area (Å²) >= 11 is 1.35. The summed E-state index contributed by atoms with van der Waals surface area (Å²) in [6.45, 7) is 2.72. The van der Waals surface area contributed by atoms with E-state index in [2.05, 4.69) is 15.5 Å². The van der Waals surface area contributed by atoms with E-state index in [1.54, 1.807) is 20.5 Å². The van der Waals surface area contributed by atoms with Gasteiger partial charge in [0.25, 0.3) is 0 Å². The summed E-state index contributed by atoms with van der Waals surface area (Å²) in [6.07, 6.45) is 1.63. The average molecular weight is 479 g/mol. The molecule has 0 aliphatic heterocycles. The molecule has 176 valence electrons. The number of amides is 1. The van der Waals surface area contributed by atoms with E-state index in [9.17, 15) is 4.79 Å². The number of rotatable bonds is 10. The molecule has 0 bridgehead atoms. The van der Waals surface area contributed by atoms with E-state index in [1.807, 2.05) is 72.2 Å². The Labute approximate surface area is 202 Å². The maximum Gasteiger partial charge on any atom is 0.233 e. The van der Waals surface area contributed by atoms with Crippen molar-refractivity contribution in [3.8, 4) is 22.9 Å². The van der Waals surface area contributed by atoms with Crippen LogP contribution in [0.25, 0.3) is 11.4 Å². The van der Waals surface area contributed by atoms with Gasteiger partial charge in [0.15, 0.2) is 11.0 Å². The number of carbonyl (C=O) groups is 1. The minimum atomic E-state index is -0.379. The van der Waals surface area contributed by atoms with E-state index in [1.165, 1.54) is 11.8 Å². The summed E-state index contributed by atoms with van der Waals surface area (Å²) in [7, 11) is 3.25. The van der Waals surface area contributed by atoms with Crippen molar-refractivity contribution in [1.29, 1.82) is 0 Å². The summed E-state index contributed by atoms with van der Waals surface area (Å²) in [4.78, 5) is 12.8. The van der Waals surface area contributed by atoms with E-state index >= 15 is 0 Å². The molecular formula is C25H26N4O4S. The second-order valence-corrected chi connectivity index (χ2v) is 8.84. The van der Waals surface area contributed by atoms with E-state index in [4.69, 9.17) is 13.9 Å². The number of nitrogens with zero attached hydrogens (tertiary/aromatic N) is 3. The Balaban J connectivity index is 1.50. The number of thioether (sulfide) groups is 1. The molecular weight excluding hydrogens is 452 g/mol. The number of benzene rings is 2. The van der Waals surface area contributed by atoms with Crippen molar-refractivity contribution in [3.05, 3.63) is 78.3 Å². The first-order chi connectivity index (χ1) is 16.6. The van der Waals surface area contributed by atoms with E-state index in [-0.39, 0.29) is 11.2 Å². The molecule has 1 atom stereocenters. The van der Waals surface area contributed by atoms with Gasteiger partial charge in [-0.1, -0.05) is 36.0 Å². The molecule has 0 saturated heterocycles. The normalized spacial score (nSPS) is 11.7. The molecule has 8 nitrogen and oxygen atoms in total. The van der Waals surface area contributed by atoms with Gasteiger partial charge in [0.1, 0.15) is 17.3 Å². The molecule has 0 saturated carbocycles. The highest BCUT2D eigenvalue weighted by molar-refractivity contribution is 8.00. The fourth-order valence-electron chi connectivity index (χ4n) is 3.34. The van der Waals surface area contributed by atoms with Crippen molar-refractivity contribution >= 4 is 17.7 Å². The maximum atomic E-state index is 12.8. The molecule has 0 radical (unpaired) electrons. The quantitative estimate of drug-likeness (QED) is 0.338. The topological polar surface area (TPSA) is 91.4 Å². The Morgan fingerprint density at radius 2 is 1.85 bits per heavy atom. The van der Waals surface area contributed by atoms with E-state index in [0.717, 1.165) is 28.4 Å². The lowest BCUT2D eigenvalue weighted by Gasteiger charge is -2.14. The van der Waals surface area contributed by atoms with Gasteiger partial charge in [-0.05, 0) is 48.9 Å². The standard InChI is InChI=1S/C25H26N4O4S/c1-17(24(30)26-15-18-9-11-20(31-2)12-10-18)34-25-28-27-23(19-6-4-7-21(14-19)32-3)29(25)16-22-8-5-13-33-22/h4-14,17H,15-16H2,1-3H3,(H,26,30). The Bertz CT molecular complexity index is 1220. The minimum absolute atomic E-state index is 0.0868. The van der Waals surface area contributed by atoms with Crippen LogP contribution in [0.5, 0.6) is 11.5 Å². The molecule has 4 rings (SSSR count). The smallest absolute Gasteiger partial charge is 0.233 e. The van der Waals surface area contributed by atoms with Crippen LogP contribution in [0.4, 0.5) is 0 Å². The van der Waals surface area contributed by atoms with Gasteiger partial charge in [0, 0.05) is 12.1 Å². The number of hydrogen-bond donors (Lipinski definition) is 1. The lowest BCUT2D eigenvalue weighted by atomic mass is 10.2. The highest BCUT2D eigenvalue weighted by Gasteiger charge is 2.22. The lowest BCUT2D eigenvalue weighted by Crippen LogP contribution is -2.30. The van der Waals surface area contributed by atoms with Crippen LogP contribution < -0.4 is 14.8 Å². The Hall–Kier alpha value is -3.72. The molecule has 1 N–H and O–H groups in total.